The van der Waals surface area contributed by atoms with Gasteiger partial charge < -0.3 is 28.8 Å². The fraction of sp³-hybridized carbons (Fsp3) is 0.912. The van der Waals surface area contributed by atoms with E-state index in [9.17, 15) is 19.4 Å². The van der Waals surface area contributed by atoms with Gasteiger partial charge in [0.25, 0.3) is 7.82 Å². The molecule has 8 nitrogen and oxygen atoms in total. The summed E-state index contributed by atoms with van der Waals surface area (Å²) < 4.78 is 23.3. The highest BCUT2D eigenvalue weighted by atomic mass is 31.2. The fourth-order valence-electron chi connectivity index (χ4n) is 8.62. The molecule has 0 rings (SSSR count). The number of carbonyl (C=O) groups excluding carboxylic acids is 1. The normalized spacial score (nSPS) is 14.1. The molecule has 0 aromatic carbocycles. The maximum atomic E-state index is 13.0. The predicted octanol–water partition coefficient (Wildman–Crippen LogP) is 16.6. The van der Waals surface area contributed by atoms with Crippen LogP contribution in [0.2, 0.25) is 0 Å². The number of nitrogens with one attached hydrogen (secondary N) is 1. The van der Waals surface area contributed by atoms with Crippen LogP contribution in [0.25, 0.3) is 0 Å². The molecule has 1 amide bonds. The molecule has 3 unspecified atom stereocenters. The Labute approximate surface area is 411 Å². The average molecular weight is 954 g/mol. The molecule has 0 aliphatic carbocycles. The summed E-state index contributed by atoms with van der Waals surface area (Å²) in [6.07, 6.45) is 61.0. The molecule has 0 bridgehead atoms. The Bertz CT molecular complexity index is 1130. The van der Waals surface area contributed by atoms with E-state index < -0.39 is 20.0 Å². The van der Waals surface area contributed by atoms with Gasteiger partial charge in [-0.15, -0.1) is 0 Å². The topological polar surface area (TPSA) is 108 Å². The van der Waals surface area contributed by atoms with Gasteiger partial charge in [0.2, 0.25) is 5.91 Å². The van der Waals surface area contributed by atoms with E-state index in [1.165, 1.54) is 225 Å². The van der Waals surface area contributed by atoms with E-state index in [2.05, 4.69) is 31.3 Å². The van der Waals surface area contributed by atoms with Crippen LogP contribution >= 0.6 is 7.82 Å². The standard InChI is InChI=1S/C57H113N2O6P/c1-6-8-10-12-14-16-18-20-22-24-26-28-29-30-31-33-35-37-39-41-43-45-47-49-51-57(61)58-55(54-65-66(62,63)64-53-52-59(3,4)5)56(60)50-48-46-44-42-40-38-36-34-32-27-25-23-21-19-17-15-13-11-9-7-2/h30-31,48,50,55-56,60H,6-29,32-47,49,51-54H2,1-5H3,(H-,58,61,62,63)/b31-30-,50-48+. The highest BCUT2D eigenvalue weighted by Crippen LogP contribution is 2.38. The van der Waals surface area contributed by atoms with E-state index in [4.69, 9.17) is 9.05 Å². The van der Waals surface area contributed by atoms with Crippen molar-refractivity contribution in [3.05, 3.63) is 24.3 Å². The van der Waals surface area contributed by atoms with Crippen molar-refractivity contribution < 1.29 is 32.9 Å². The number of phosphoric acid groups is 1. The zero-order valence-corrected chi connectivity index (χ0v) is 45.6. The summed E-state index contributed by atoms with van der Waals surface area (Å²) in [6, 6.07) is -0.887. The molecule has 392 valence electrons. The Balaban J connectivity index is 4.21. The van der Waals surface area contributed by atoms with Gasteiger partial charge in [0, 0.05) is 6.42 Å². The summed E-state index contributed by atoms with van der Waals surface area (Å²) in [4.78, 5) is 25.5. The van der Waals surface area contributed by atoms with E-state index in [0.29, 0.717) is 17.4 Å². The lowest BCUT2D eigenvalue weighted by molar-refractivity contribution is -0.870. The van der Waals surface area contributed by atoms with E-state index in [1.807, 2.05) is 27.2 Å². The van der Waals surface area contributed by atoms with Crippen LogP contribution in [0.5, 0.6) is 0 Å². The lowest BCUT2D eigenvalue weighted by Gasteiger charge is -2.29. The minimum Gasteiger partial charge on any atom is -0.756 e. The lowest BCUT2D eigenvalue weighted by atomic mass is 10.0. The molecule has 0 heterocycles. The number of aliphatic hydroxyl groups excluding tert-OH is 1. The Hall–Kier alpha value is -1.02. The second-order valence-electron chi connectivity index (χ2n) is 21.0. The Morgan fingerprint density at radius 1 is 0.515 bits per heavy atom. The molecule has 0 aliphatic rings. The molecule has 0 aliphatic heterocycles. The molecule has 66 heavy (non-hydrogen) atoms. The molecule has 0 saturated carbocycles. The van der Waals surface area contributed by atoms with Gasteiger partial charge in [-0.3, -0.25) is 9.36 Å². The van der Waals surface area contributed by atoms with E-state index in [1.54, 1.807) is 6.08 Å². The summed E-state index contributed by atoms with van der Waals surface area (Å²) in [7, 11) is 1.27. The van der Waals surface area contributed by atoms with Crippen LogP contribution in [0.1, 0.15) is 284 Å². The molecule has 0 saturated heterocycles. The molecule has 2 N–H and O–H groups in total. The molecule has 0 aromatic heterocycles. The van der Waals surface area contributed by atoms with Crippen LogP contribution in [-0.4, -0.2) is 68.5 Å². The van der Waals surface area contributed by atoms with Crippen molar-refractivity contribution in [3.8, 4) is 0 Å². The van der Waals surface area contributed by atoms with Crippen molar-refractivity contribution >= 4 is 13.7 Å². The van der Waals surface area contributed by atoms with Crippen molar-refractivity contribution in [2.75, 3.05) is 40.9 Å². The summed E-state index contributed by atoms with van der Waals surface area (Å²) >= 11 is 0. The number of nitrogens with zero attached hydrogens (tertiary/aromatic N) is 1. The highest BCUT2D eigenvalue weighted by Gasteiger charge is 2.23. The van der Waals surface area contributed by atoms with Gasteiger partial charge in [-0.1, -0.05) is 256 Å². The number of amides is 1. The molecular weight excluding hydrogens is 840 g/mol. The first-order valence-corrected chi connectivity index (χ1v) is 30.2. The summed E-state index contributed by atoms with van der Waals surface area (Å²) in [6.45, 7) is 4.69. The largest absolute Gasteiger partial charge is 0.756 e. The molecule has 9 heteroatoms. The average Bonchev–Trinajstić information content (AvgIpc) is 3.28. The van der Waals surface area contributed by atoms with Gasteiger partial charge in [-0.25, -0.2) is 0 Å². The summed E-state index contributed by atoms with van der Waals surface area (Å²) in [5.41, 5.74) is 0. The van der Waals surface area contributed by atoms with Crippen LogP contribution in [0.3, 0.4) is 0 Å². The zero-order chi connectivity index (χ0) is 48.5. The number of aliphatic hydroxyl groups is 1. The van der Waals surface area contributed by atoms with E-state index in [0.717, 1.165) is 38.5 Å². The van der Waals surface area contributed by atoms with E-state index in [-0.39, 0.29) is 19.1 Å². The van der Waals surface area contributed by atoms with Crippen LogP contribution < -0.4 is 10.2 Å². The number of unbranched alkanes of at least 4 members (excludes halogenated alkanes) is 38. The number of rotatable bonds is 53. The SMILES string of the molecule is CCCCCCCCCCCCCC/C=C\CCCCCCCCCCC(=O)NC(COP(=O)([O-])OCC[N+](C)(C)C)C(O)/C=C/CCCCCCCCCCCCCCCCCCCC. The third-order valence-corrected chi connectivity index (χ3v) is 14.1. The number of likely N-dealkylation sites (N-methyl/N-ethyl adjacent to an activating group) is 1. The van der Waals surface area contributed by atoms with Crippen molar-refractivity contribution in [1.29, 1.82) is 0 Å². The number of hydrogen-bond donors (Lipinski definition) is 2. The van der Waals surface area contributed by atoms with Crippen molar-refractivity contribution in [1.82, 2.24) is 5.32 Å². The van der Waals surface area contributed by atoms with Crippen LogP contribution in [0.4, 0.5) is 0 Å². The molecule has 0 radical (unpaired) electrons. The first-order valence-electron chi connectivity index (χ1n) is 28.7. The van der Waals surface area contributed by atoms with Gasteiger partial charge in [0.15, 0.2) is 0 Å². The maximum Gasteiger partial charge on any atom is 0.268 e. The Morgan fingerprint density at radius 2 is 0.833 bits per heavy atom. The second kappa shape index (κ2) is 49.0. The Morgan fingerprint density at radius 3 is 1.18 bits per heavy atom. The van der Waals surface area contributed by atoms with Gasteiger partial charge in [0.05, 0.1) is 39.9 Å². The molecule has 0 fully saturated rings. The van der Waals surface area contributed by atoms with Gasteiger partial charge in [0.1, 0.15) is 13.2 Å². The van der Waals surface area contributed by atoms with Crippen LogP contribution in [-0.2, 0) is 18.4 Å². The number of quaternary nitrogens is 1. The van der Waals surface area contributed by atoms with Gasteiger partial charge in [-0.2, -0.15) is 0 Å². The first kappa shape index (κ1) is 65.0. The first-order chi connectivity index (χ1) is 32.0. The minimum atomic E-state index is -4.59. The number of allylic oxidation sites excluding steroid dienone is 3. The number of carbonyl (C=O) groups is 1. The quantitative estimate of drug-likeness (QED) is 0.0272. The molecular formula is C57H113N2O6P. The fourth-order valence-corrected chi connectivity index (χ4v) is 9.34. The van der Waals surface area contributed by atoms with E-state index >= 15 is 0 Å². The second-order valence-corrected chi connectivity index (χ2v) is 22.4. The maximum absolute atomic E-state index is 13.0. The molecule has 0 aromatic rings. The van der Waals surface area contributed by atoms with Gasteiger partial charge in [-0.05, 0) is 44.9 Å². The monoisotopic (exact) mass is 953 g/mol. The van der Waals surface area contributed by atoms with Crippen LogP contribution in [0, 0.1) is 0 Å². The van der Waals surface area contributed by atoms with Crippen molar-refractivity contribution in [2.45, 2.75) is 296 Å². The molecule has 3 atom stereocenters. The third kappa shape index (κ3) is 50.8. The van der Waals surface area contributed by atoms with Gasteiger partial charge >= 0.3 is 0 Å². The minimum absolute atomic E-state index is 0.0000680. The highest BCUT2D eigenvalue weighted by molar-refractivity contribution is 7.45. The van der Waals surface area contributed by atoms with Crippen molar-refractivity contribution in [2.24, 2.45) is 0 Å². The van der Waals surface area contributed by atoms with Crippen LogP contribution in [0.15, 0.2) is 24.3 Å². The summed E-state index contributed by atoms with van der Waals surface area (Å²) in [5.74, 6) is -0.196. The predicted molar refractivity (Wildman–Crippen MR) is 284 cm³/mol. The zero-order valence-electron chi connectivity index (χ0n) is 44.7. The number of phosphoric ester groups is 1. The van der Waals surface area contributed by atoms with Crippen molar-refractivity contribution in [3.63, 3.8) is 0 Å². The Kier molecular flexibility index (Phi) is 48.2. The molecule has 0 spiro atoms. The summed E-state index contributed by atoms with van der Waals surface area (Å²) in [5, 5.41) is 13.9. The smallest absolute Gasteiger partial charge is 0.268 e. The number of hydrogen-bond acceptors (Lipinski definition) is 6. The third-order valence-electron chi connectivity index (χ3n) is 13.2. The lowest BCUT2D eigenvalue weighted by Crippen LogP contribution is -2.45.